The molecule has 0 amide bonds. The number of nitrogens with zero attached hydrogens (tertiary/aromatic N) is 1. The Bertz CT molecular complexity index is 1030. The van der Waals surface area contributed by atoms with Crippen LogP contribution in [0.3, 0.4) is 0 Å². The molecular weight excluding hydrogens is 388 g/mol. The first kappa shape index (κ1) is 19.4. The lowest BCUT2D eigenvalue weighted by atomic mass is 10.1. The Hall–Kier alpha value is -2.35. The normalized spacial score (nSPS) is 11.5. The quantitative estimate of drug-likeness (QED) is 0.645. The van der Waals surface area contributed by atoms with Crippen molar-refractivity contribution in [3.63, 3.8) is 0 Å². The van der Waals surface area contributed by atoms with Crippen molar-refractivity contribution < 1.29 is 17.9 Å². The fraction of sp³-hybridized carbons (Fsp3) is 0.211. The summed E-state index contributed by atoms with van der Waals surface area (Å²) in [7, 11) is -0.309. The van der Waals surface area contributed by atoms with E-state index in [1.807, 2.05) is 12.1 Å². The number of nitrogens with one attached hydrogen (secondary N) is 1. The van der Waals surface area contributed by atoms with E-state index in [9.17, 15) is 8.42 Å². The van der Waals surface area contributed by atoms with Crippen molar-refractivity contribution in [1.29, 1.82) is 0 Å². The van der Waals surface area contributed by atoms with Crippen LogP contribution in [0, 0.1) is 0 Å². The predicted molar refractivity (Wildman–Crippen MR) is 105 cm³/mol. The molecule has 3 rings (SSSR count). The molecule has 0 radical (unpaired) electrons. The molecule has 1 N–H and O–H groups in total. The number of halogens is 1. The average Bonchev–Trinajstić information content (AvgIpc) is 3.16. The molecule has 142 valence electrons. The van der Waals surface area contributed by atoms with Gasteiger partial charge in [0.25, 0.3) is 0 Å². The van der Waals surface area contributed by atoms with E-state index in [0.717, 1.165) is 22.5 Å². The number of hydrogen-bond acceptors (Lipinski definition) is 5. The standard InChI is InChI=1S/C19H19ClN2O4S/c1-25-9-10-27(23,24)15-6-3-13(4-7-15)17-12-18(22-21-17)14-5-8-19(26-2)16(20)11-14/h3-8,11-12H,9-10H2,1-2H3,(H,21,22). The molecule has 0 spiro atoms. The third-order valence-corrected chi connectivity index (χ3v) is 6.10. The Kier molecular flexibility index (Phi) is 5.84. The summed E-state index contributed by atoms with van der Waals surface area (Å²) in [6.07, 6.45) is 0. The number of ether oxygens (including phenoxy) is 2. The lowest BCUT2D eigenvalue weighted by Crippen LogP contribution is -2.11. The number of benzene rings is 2. The molecule has 3 aromatic rings. The van der Waals surface area contributed by atoms with Crippen molar-refractivity contribution in [2.75, 3.05) is 26.6 Å². The molecule has 27 heavy (non-hydrogen) atoms. The smallest absolute Gasteiger partial charge is 0.180 e. The zero-order valence-electron chi connectivity index (χ0n) is 14.9. The van der Waals surface area contributed by atoms with Crippen LogP contribution in [0.5, 0.6) is 5.75 Å². The van der Waals surface area contributed by atoms with Crippen molar-refractivity contribution in [1.82, 2.24) is 10.2 Å². The molecule has 0 unspecified atom stereocenters. The molecule has 0 aliphatic heterocycles. The van der Waals surface area contributed by atoms with E-state index in [0.29, 0.717) is 10.8 Å². The van der Waals surface area contributed by atoms with Crippen LogP contribution in [-0.2, 0) is 14.6 Å². The SMILES string of the molecule is COCCS(=O)(=O)c1ccc(-c2cc(-c3ccc(OC)c(Cl)c3)n[nH]2)cc1. The first-order chi connectivity index (χ1) is 12.9. The van der Waals surface area contributed by atoms with E-state index in [1.54, 1.807) is 43.5 Å². The van der Waals surface area contributed by atoms with Crippen molar-refractivity contribution in [2.24, 2.45) is 0 Å². The maximum absolute atomic E-state index is 12.2. The highest BCUT2D eigenvalue weighted by atomic mass is 35.5. The number of aromatic nitrogens is 2. The van der Waals surface area contributed by atoms with Gasteiger partial charge in [-0.1, -0.05) is 23.7 Å². The number of rotatable bonds is 7. The minimum atomic E-state index is -3.35. The second-order valence-electron chi connectivity index (χ2n) is 5.85. The third kappa shape index (κ3) is 4.32. The number of H-pyrrole nitrogens is 1. The first-order valence-corrected chi connectivity index (χ1v) is 10.2. The summed E-state index contributed by atoms with van der Waals surface area (Å²) in [6.45, 7) is 0.165. The van der Waals surface area contributed by atoms with E-state index < -0.39 is 9.84 Å². The average molecular weight is 407 g/mol. The Morgan fingerprint density at radius 2 is 1.74 bits per heavy atom. The minimum Gasteiger partial charge on any atom is -0.495 e. The number of methoxy groups -OCH3 is 2. The molecular formula is C19H19ClN2O4S. The summed E-state index contributed by atoms with van der Waals surface area (Å²) < 4.78 is 34.4. The van der Waals surface area contributed by atoms with Crippen LogP contribution in [0.15, 0.2) is 53.4 Å². The monoisotopic (exact) mass is 406 g/mol. The molecule has 1 heterocycles. The maximum Gasteiger partial charge on any atom is 0.180 e. The fourth-order valence-electron chi connectivity index (χ4n) is 2.60. The molecule has 0 saturated carbocycles. The molecule has 0 aliphatic rings. The van der Waals surface area contributed by atoms with Crippen LogP contribution >= 0.6 is 11.6 Å². The van der Waals surface area contributed by atoms with Gasteiger partial charge in [-0.15, -0.1) is 0 Å². The summed E-state index contributed by atoms with van der Waals surface area (Å²) in [4.78, 5) is 0.268. The Morgan fingerprint density at radius 3 is 2.37 bits per heavy atom. The van der Waals surface area contributed by atoms with Crippen LogP contribution < -0.4 is 4.74 Å². The van der Waals surface area contributed by atoms with E-state index in [2.05, 4.69) is 10.2 Å². The molecule has 0 bridgehead atoms. The molecule has 0 fully saturated rings. The van der Waals surface area contributed by atoms with Crippen LogP contribution in [0.25, 0.3) is 22.5 Å². The first-order valence-electron chi connectivity index (χ1n) is 8.16. The van der Waals surface area contributed by atoms with Gasteiger partial charge in [-0.3, -0.25) is 5.10 Å². The molecule has 0 saturated heterocycles. The van der Waals surface area contributed by atoms with E-state index in [1.165, 1.54) is 7.11 Å². The Labute approximate surface area is 163 Å². The van der Waals surface area contributed by atoms with Gasteiger partial charge in [0.15, 0.2) is 9.84 Å². The molecule has 0 aliphatic carbocycles. The Balaban J connectivity index is 1.83. The van der Waals surface area contributed by atoms with Gasteiger partial charge in [-0.05, 0) is 42.0 Å². The van der Waals surface area contributed by atoms with E-state index >= 15 is 0 Å². The largest absolute Gasteiger partial charge is 0.495 e. The van der Waals surface area contributed by atoms with Gasteiger partial charge in [0, 0.05) is 12.7 Å². The van der Waals surface area contributed by atoms with Gasteiger partial charge >= 0.3 is 0 Å². The second-order valence-corrected chi connectivity index (χ2v) is 8.37. The van der Waals surface area contributed by atoms with Gasteiger partial charge < -0.3 is 9.47 Å². The lowest BCUT2D eigenvalue weighted by molar-refractivity contribution is 0.217. The summed E-state index contributed by atoms with van der Waals surface area (Å²) in [6, 6.07) is 14.0. The fourth-order valence-corrected chi connectivity index (χ4v) is 4.03. The van der Waals surface area contributed by atoms with Gasteiger partial charge in [-0.2, -0.15) is 5.10 Å². The highest BCUT2D eigenvalue weighted by Crippen LogP contribution is 2.31. The summed E-state index contributed by atoms with van der Waals surface area (Å²) in [5.41, 5.74) is 3.19. The van der Waals surface area contributed by atoms with Crippen LogP contribution in [0.4, 0.5) is 0 Å². The van der Waals surface area contributed by atoms with Gasteiger partial charge in [0.2, 0.25) is 0 Å². The molecule has 2 aromatic carbocycles. The van der Waals surface area contributed by atoms with Gasteiger partial charge in [0.05, 0.1) is 40.8 Å². The van der Waals surface area contributed by atoms with Crippen molar-refractivity contribution >= 4 is 21.4 Å². The third-order valence-electron chi connectivity index (χ3n) is 4.11. The molecule has 0 atom stereocenters. The summed E-state index contributed by atoms with van der Waals surface area (Å²) in [5.74, 6) is 0.552. The lowest BCUT2D eigenvalue weighted by Gasteiger charge is -2.05. The molecule has 1 aromatic heterocycles. The Morgan fingerprint density at radius 1 is 1.04 bits per heavy atom. The van der Waals surface area contributed by atoms with Crippen LogP contribution in [0.2, 0.25) is 5.02 Å². The van der Waals surface area contributed by atoms with Gasteiger partial charge in [-0.25, -0.2) is 8.42 Å². The number of aromatic amines is 1. The number of hydrogen-bond donors (Lipinski definition) is 1. The van der Waals surface area contributed by atoms with Crippen molar-refractivity contribution in [3.05, 3.63) is 53.6 Å². The van der Waals surface area contributed by atoms with Crippen molar-refractivity contribution in [3.8, 4) is 28.3 Å². The number of sulfone groups is 1. The minimum absolute atomic E-state index is 0.0463. The summed E-state index contributed by atoms with van der Waals surface area (Å²) >= 11 is 6.17. The second kappa shape index (κ2) is 8.12. The topological polar surface area (TPSA) is 81.3 Å². The summed E-state index contributed by atoms with van der Waals surface area (Å²) in [5, 5.41) is 7.78. The van der Waals surface area contributed by atoms with Crippen molar-refractivity contribution in [2.45, 2.75) is 4.90 Å². The van der Waals surface area contributed by atoms with Crippen LogP contribution in [-0.4, -0.2) is 45.2 Å². The highest BCUT2D eigenvalue weighted by Gasteiger charge is 2.15. The van der Waals surface area contributed by atoms with Crippen LogP contribution in [0.1, 0.15) is 0 Å². The van der Waals surface area contributed by atoms with Gasteiger partial charge in [0.1, 0.15) is 5.75 Å². The maximum atomic E-state index is 12.2. The predicted octanol–water partition coefficient (Wildman–Crippen LogP) is 3.83. The molecule has 6 nitrogen and oxygen atoms in total. The zero-order valence-corrected chi connectivity index (χ0v) is 16.5. The molecule has 8 heteroatoms. The highest BCUT2D eigenvalue weighted by molar-refractivity contribution is 7.91. The van der Waals surface area contributed by atoms with E-state index in [4.69, 9.17) is 21.1 Å². The van der Waals surface area contributed by atoms with E-state index in [-0.39, 0.29) is 17.3 Å². The zero-order chi connectivity index (χ0) is 19.4.